The maximum atomic E-state index is 8.81. The quantitative estimate of drug-likeness (QED) is 0.710. The van der Waals surface area contributed by atoms with Crippen molar-refractivity contribution in [1.29, 1.82) is 5.26 Å². The van der Waals surface area contributed by atoms with Crippen molar-refractivity contribution in [2.45, 2.75) is 13.0 Å². The van der Waals surface area contributed by atoms with Crippen molar-refractivity contribution in [2.24, 2.45) is 0 Å². The van der Waals surface area contributed by atoms with Crippen LogP contribution in [-0.4, -0.2) is 11.7 Å². The molecule has 0 aliphatic rings. The second kappa shape index (κ2) is 4.66. The standard InChI is InChI=1S/C16H14N2O/c1-19-12-7-8-16-14(11-12)13-5-2-3-6-15(13)18(16)10-4-9-17/h2-3,5-8,11H,4,10H2,1H3. The van der Waals surface area contributed by atoms with Crippen LogP contribution in [0.1, 0.15) is 6.42 Å². The number of aryl methyl sites for hydroxylation is 1. The Morgan fingerprint density at radius 2 is 1.89 bits per heavy atom. The number of rotatable bonds is 3. The topological polar surface area (TPSA) is 38.0 Å². The summed E-state index contributed by atoms with van der Waals surface area (Å²) in [5, 5.41) is 11.2. The molecule has 0 saturated heterocycles. The summed E-state index contributed by atoms with van der Waals surface area (Å²) in [6.07, 6.45) is 0.514. The van der Waals surface area contributed by atoms with Gasteiger partial charge in [-0.05, 0) is 24.3 Å². The molecule has 3 aromatic rings. The van der Waals surface area contributed by atoms with Crippen molar-refractivity contribution in [2.75, 3.05) is 7.11 Å². The largest absolute Gasteiger partial charge is 0.497 e. The molecule has 0 saturated carbocycles. The molecule has 0 aliphatic heterocycles. The first-order valence-electron chi connectivity index (χ1n) is 6.27. The number of hydrogen-bond acceptors (Lipinski definition) is 2. The molecule has 0 spiro atoms. The van der Waals surface area contributed by atoms with E-state index >= 15 is 0 Å². The molecule has 94 valence electrons. The van der Waals surface area contributed by atoms with Crippen LogP contribution in [0.25, 0.3) is 21.8 Å². The van der Waals surface area contributed by atoms with Gasteiger partial charge in [-0.2, -0.15) is 5.26 Å². The van der Waals surface area contributed by atoms with Crippen LogP contribution in [0.3, 0.4) is 0 Å². The number of nitriles is 1. The summed E-state index contributed by atoms with van der Waals surface area (Å²) in [6, 6.07) is 16.6. The van der Waals surface area contributed by atoms with Crippen molar-refractivity contribution in [3.8, 4) is 11.8 Å². The zero-order valence-electron chi connectivity index (χ0n) is 10.8. The summed E-state index contributed by atoms with van der Waals surface area (Å²) in [4.78, 5) is 0. The maximum absolute atomic E-state index is 8.81. The van der Waals surface area contributed by atoms with Gasteiger partial charge in [-0.1, -0.05) is 18.2 Å². The highest BCUT2D eigenvalue weighted by molar-refractivity contribution is 6.08. The van der Waals surface area contributed by atoms with E-state index < -0.39 is 0 Å². The molecule has 0 unspecified atom stereocenters. The van der Waals surface area contributed by atoms with Gasteiger partial charge in [0.05, 0.1) is 19.6 Å². The first-order valence-corrected chi connectivity index (χ1v) is 6.27. The highest BCUT2D eigenvalue weighted by Gasteiger charge is 2.10. The number of ether oxygens (including phenoxy) is 1. The molecular formula is C16H14N2O. The second-order valence-corrected chi connectivity index (χ2v) is 4.46. The summed E-state index contributed by atoms with van der Waals surface area (Å²) < 4.78 is 7.50. The van der Waals surface area contributed by atoms with Crippen LogP contribution in [0, 0.1) is 11.3 Å². The lowest BCUT2D eigenvalue weighted by Gasteiger charge is -2.04. The van der Waals surface area contributed by atoms with Gasteiger partial charge in [-0.3, -0.25) is 0 Å². The predicted octanol–water partition coefficient (Wildman–Crippen LogP) is 3.72. The van der Waals surface area contributed by atoms with E-state index in [1.807, 2.05) is 18.2 Å². The van der Waals surface area contributed by atoms with E-state index in [1.54, 1.807) is 7.11 Å². The molecule has 0 aliphatic carbocycles. The fourth-order valence-corrected chi connectivity index (χ4v) is 2.56. The van der Waals surface area contributed by atoms with Gasteiger partial charge < -0.3 is 9.30 Å². The van der Waals surface area contributed by atoms with Crippen molar-refractivity contribution in [3.63, 3.8) is 0 Å². The van der Waals surface area contributed by atoms with Gasteiger partial charge in [-0.15, -0.1) is 0 Å². The molecule has 0 radical (unpaired) electrons. The lowest BCUT2D eigenvalue weighted by atomic mass is 10.1. The summed E-state index contributed by atoms with van der Waals surface area (Å²) >= 11 is 0. The molecule has 0 N–H and O–H groups in total. The zero-order chi connectivity index (χ0) is 13.2. The minimum absolute atomic E-state index is 0.514. The van der Waals surface area contributed by atoms with E-state index in [0.29, 0.717) is 13.0 Å². The SMILES string of the molecule is COc1ccc2c(c1)c1ccccc1n2CCC#N. The summed E-state index contributed by atoms with van der Waals surface area (Å²) in [5.74, 6) is 0.857. The molecule has 3 rings (SSSR count). The van der Waals surface area contributed by atoms with E-state index in [9.17, 15) is 0 Å². The van der Waals surface area contributed by atoms with E-state index in [0.717, 1.165) is 11.3 Å². The Kier molecular flexibility index (Phi) is 2.85. The number of fused-ring (bicyclic) bond motifs is 3. The summed E-state index contributed by atoms with van der Waals surface area (Å²) in [6.45, 7) is 0.715. The molecule has 3 nitrogen and oxygen atoms in total. The average molecular weight is 250 g/mol. The summed E-state index contributed by atoms with van der Waals surface area (Å²) in [7, 11) is 1.68. The predicted molar refractivity (Wildman–Crippen MR) is 76.2 cm³/mol. The molecule has 19 heavy (non-hydrogen) atoms. The Bertz CT molecular complexity index is 780. The Hall–Kier alpha value is -2.47. The molecule has 1 heterocycles. The number of hydrogen-bond donors (Lipinski definition) is 0. The zero-order valence-corrected chi connectivity index (χ0v) is 10.8. The summed E-state index contributed by atoms with van der Waals surface area (Å²) in [5.41, 5.74) is 2.32. The normalized spacial score (nSPS) is 10.7. The first-order chi connectivity index (χ1) is 9.35. The molecule has 0 fully saturated rings. The number of nitrogens with zero attached hydrogens (tertiary/aromatic N) is 2. The van der Waals surface area contributed by atoms with E-state index in [-0.39, 0.29) is 0 Å². The lowest BCUT2D eigenvalue weighted by Crippen LogP contribution is -1.96. The van der Waals surface area contributed by atoms with Crippen LogP contribution in [0.4, 0.5) is 0 Å². The molecular weight excluding hydrogens is 236 g/mol. The molecule has 3 heteroatoms. The minimum atomic E-state index is 0.514. The lowest BCUT2D eigenvalue weighted by molar-refractivity contribution is 0.415. The highest BCUT2D eigenvalue weighted by atomic mass is 16.5. The molecule has 1 aromatic heterocycles. The maximum Gasteiger partial charge on any atom is 0.119 e. The van der Waals surface area contributed by atoms with Gasteiger partial charge in [0.25, 0.3) is 0 Å². The third-order valence-corrected chi connectivity index (χ3v) is 3.43. The van der Waals surface area contributed by atoms with Crippen molar-refractivity contribution < 1.29 is 4.74 Å². The van der Waals surface area contributed by atoms with Crippen molar-refractivity contribution in [1.82, 2.24) is 4.57 Å². The third kappa shape index (κ3) is 1.82. The van der Waals surface area contributed by atoms with E-state index in [1.165, 1.54) is 16.3 Å². The van der Waals surface area contributed by atoms with Crippen LogP contribution >= 0.6 is 0 Å². The van der Waals surface area contributed by atoms with Crippen molar-refractivity contribution >= 4 is 21.8 Å². The number of para-hydroxylation sites is 1. The Morgan fingerprint density at radius 3 is 2.68 bits per heavy atom. The molecule has 2 aromatic carbocycles. The fraction of sp³-hybridized carbons (Fsp3) is 0.188. The van der Waals surface area contributed by atoms with Crippen LogP contribution in [0.2, 0.25) is 0 Å². The first kappa shape index (κ1) is 11.6. The van der Waals surface area contributed by atoms with Gasteiger partial charge >= 0.3 is 0 Å². The van der Waals surface area contributed by atoms with E-state index in [2.05, 4.69) is 34.9 Å². The Labute approximate surface area is 111 Å². The van der Waals surface area contributed by atoms with Crippen molar-refractivity contribution in [3.05, 3.63) is 42.5 Å². The Balaban J connectivity index is 2.34. The number of aromatic nitrogens is 1. The fourth-order valence-electron chi connectivity index (χ4n) is 2.56. The third-order valence-electron chi connectivity index (χ3n) is 3.43. The number of benzene rings is 2. The average Bonchev–Trinajstić information content (AvgIpc) is 2.78. The van der Waals surface area contributed by atoms with Gasteiger partial charge in [-0.25, -0.2) is 0 Å². The highest BCUT2D eigenvalue weighted by Crippen LogP contribution is 2.31. The molecule has 0 bridgehead atoms. The smallest absolute Gasteiger partial charge is 0.119 e. The van der Waals surface area contributed by atoms with Gasteiger partial charge in [0.15, 0.2) is 0 Å². The van der Waals surface area contributed by atoms with Crippen LogP contribution in [-0.2, 0) is 6.54 Å². The van der Waals surface area contributed by atoms with Gasteiger partial charge in [0, 0.05) is 28.4 Å². The van der Waals surface area contributed by atoms with E-state index in [4.69, 9.17) is 10.00 Å². The van der Waals surface area contributed by atoms with Gasteiger partial charge in [0.1, 0.15) is 5.75 Å². The number of methoxy groups -OCH3 is 1. The molecule has 0 amide bonds. The minimum Gasteiger partial charge on any atom is -0.497 e. The monoisotopic (exact) mass is 250 g/mol. The Morgan fingerprint density at radius 1 is 1.11 bits per heavy atom. The van der Waals surface area contributed by atoms with Crippen LogP contribution in [0.5, 0.6) is 5.75 Å². The van der Waals surface area contributed by atoms with Crippen LogP contribution < -0.4 is 4.74 Å². The van der Waals surface area contributed by atoms with Gasteiger partial charge in [0.2, 0.25) is 0 Å². The van der Waals surface area contributed by atoms with Crippen LogP contribution in [0.15, 0.2) is 42.5 Å². The molecule has 0 atom stereocenters. The second-order valence-electron chi connectivity index (χ2n) is 4.46.